The maximum Gasteiger partial charge on any atom is 0.490 e. The van der Waals surface area contributed by atoms with E-state index in [-0.39, 0.29) is 17.9 Å². The second kappa shape index (κ2) is 10.2. The number of amides is 1. The van der Waals surface area contributed by atoms with E-state index in [1.807, 2.05) is 6.20 Å². The second-order valence-corrected chi connectivity index (χ2v) is 8.37. The number of hydrogen-bond acceptors (Lipinski definition) is 5. The van der Waals surface area contributed by atoms with Gasteiger partial charge in [-0.25, -0.2) is 9.78 Å². The summed E-state index contributed by atoms with van der Waals surface area (Å²) in [5, 5.41) is 10.9. The van der Waals surface area contributed by atoms with Crippen molar-refractivity contribution in [1.82, 2.24) is 4.98 Å². The molecule has 0 aromatic carbocycles. The Morgan fingerprint density at radius 2 is 1.68 bits per heavy atom. The molecule has 0 unspecified atom stereocenters. The number of halogens is 3. The van der Waals surface area contributed by atoms with Crippen LogP contribution in [0.25, 0.3) is 0 Å². The molecule has 0 bridgehead atoms. The number of anilines is 1. The van der Waals surface area contributed by atoms with Crippen LogP contribution in [0.15, 0.2) is 6.20 Å². The van der Waals surface area contributed by atoms with Crippen molar-refractivity contribution < 1.29 is 27.9 Å². The highest BCUT2D eigenvalue weighted by Gasteiger charge is 2.38. The summed E-state index contributed by atoms with van der Waals surface area (Å²) < 4.78 is 31.7. The number of carbonyl (C=O) groups excluding carboxylic acids is 1. The molecule has 0 radical (unpaired) electrons. The first-order valence-corrected chi connectivity index (χ1v) is 10.3. The van der Waals surface area contributed by atoms with Crippen molar-refractivity contribution in [3.63, 3.8) is 0 Å². The molecule has 3 rings (SSSR count). The van der Waals surface area contributed by atoms with Gasteiger partial charge in [-0.2, -0.15) is 13.2 Å². The van der Waals surface area contributed by atoms with Crippen molar-refractivity contribution in [3.8, 4) is 0 Å². The van der Waals surface area contributed by atoms with Gasteiger partial charge in [0.2, 0.25) is 5.91 Å². The number of thiazole rings is 1. The van der Waals surface area contributed by atoms with Gasteiger partial charge < -0.3 is 16.2 Å². The summed E-state index contributed by atoms with van der Waals surface area (Å²) in [5.74, 6) is -1.85. The second-order valence-electron chi connectivity index (χ2n) is 7.31. The molecule has 1 amide bonds. The lowest BCUT2D eigenvalue weighted by Gasteiger charge is -2.24. The monoisotopic (exact) mass is 421 g/mol. The number of aromatic nitrogens is 1. The lowest BCUT2D eigenvalue weighted by molar-refractivity contribution is -0.192. The SMILES string of the molecule is N[C@H]1CC[C@@H](C(=O)Nc2ncc(C3CCCCC3)s2)CC1.O=C(O)C(F)(F)F. The number of carbonyl (C=O) groups is 2. The first-order valence-electron chi connectivity index (χ1n) is 9.49. The van der Waals surface area contributed by atoms with E-state index in [0.29, 0.717) is 5.92 Å². The van der Waals surface area contributed by atoms with E-state index in [1.54, 1.807) is 11.3 Å². The Labute approximate surface area is 165 Å². The third-order valence-electron chi connectivity index (χ3n) is 5.15. The number of hydrogen-bond donors (Lipinski definition) is 3. The number of alkyl halides is 3. The summed E-state index contributed by atoms with van der Waals surface area (Å²) in [6.07, 6.45) is 7.19. The Morgan fingerprint density at radius 1 is 1.11 bits per heavy atom. The molecule has 6 nitrogen and oxygen atoms in total. The number of carboxylic acid groups (broad SMARTS) is 1. The van der Waals surface area contributed by atoms with Gasteiger partial charge in [0.25, 0.3) is 0 Å². The molecule has 0 saturated heterocycles. The number of carboxylic acids is 1. The number of nitrogens with zero attached hydrogens (tertiary/aromatic N) is 1. The molecule has 158 valence electrons. The predicted molar refractivity (Wildman–Crippen MR) is 100 cm³/mol. The van der Waals surface area contributed by atoms with E-state index in [4.69, 9.17) is 15.6 Å². The average Bonchev–Trinajstić information content (AvgIpc) is 3.11. The first kappa shape index (κ1) is 22.6. The third-order valence-corrected chi connectivity index (χ3v) is 6.22. The fourth-order valence-corrected chi connectivity index (χ4v) is 4.50. The fraction of sp³-hybridized carbons (Fsp3) is 0.722. The maximum absolute atomic E-state index is 12.3. The average molecular weight is 421 g/mol. The Hall–Kier alpha value is -1.68. The summed E-state index contributed by atoms with van der Waals surface area (Å²) in [5.41, 5.74) is 5.89. The van der Waals surface area contributed by atoms with Crippen LogP contribution in [-0.2, 0) is 9.59 Å². The van der Waals surface area contributed by atoms with Gasteiger partial charge in [-0.05, 0) is 44.4 Å². The van der Waals surface area contributed by atoms with Gasteiger partial charge in [0.05, 0.1) is 0 Å². The molecule has 2 fully saturated rings. The molecule has 0 spiro atoms. The highest BCUT2D eigenvalue weighted by molar-refractivity contribution is 7.15. The first-order chi connectivity index (χ1) is 13.2. The molecule has 0 atom stereocenters. The van der Waals surface area contributed by atoms with Crippen LogP contribution in [0.5, 0.6) is 0 Å². The number of nitrogens with two attached hydrogens (primary N) is 1. The minimum Gasteiger partial charge on any atom is -0.475 e. The van der Waals surface area contributed by atoms with Crippen LogP contribution in [0.2, 0.25) is 0 Å². The summed E-state index contributed by atoms with van der Waals surface area (Å²) in [6, 6.07) is 0.284. The van der Waals surface area contributed by atoms with E-state index in [1.165, 1.54) is 37.0 Å². The van der Waals surface area contributed by atoms with Gasteiger partial charge in [-0.15, -0.1) is 11.3 Å². The minimum atomic E-state index is -5.08. The van der Waals surface area contributed by atoms with Crippen LogP contribution < -0.4 is 11.1 Å². The van der Waals surface area contributed by atoms with Crippen LogP contribution in [-0.4, -0.2) is 34.2 Å². The summed E-state index contributed by atoms with van der Waals surface area (Å²) >= 11 is 1.66. The largest absolute Gasteiger partial charge is 0.490 e. The van der Waals surface area contributed by atoms with Crippen LogP contribution in [0.3, 0.4) is 0 Å². The fourth-order valence-electron chi connectivity index (χ4n) is 3.51. The zero-order valence-electron chi connectivity index (χ0n) is 15.5. The van der Waals surface area contributed by atoms with E-state index in [2.05, 4.69) is 10.3 Å². The van der Waals surface area contributed by atoms with Crippen molar-refractivity contribution in [2.45, 2.75) is 75.9 Å². The highest BCUT2D eigenvalue weighted by Crippen LogP contribution is 2.37. The van der Waals surface area contributed by atoms with Crippen molar-refractivity contribution in [1.29, 1.82) is 0 Å². The standard InChI is InChI=1S/C16H25N3OS.C2HF3O2/c17-13-8-6-12(7-9-13)15(20)19-16-18-10-14(21-16)11-4-2-1-3-5-11;3-2(4,5)1(6)7/h10-13H,1-9,17H2,(H,18,19,20);(H,6,7)/t12-,13+;. The summed E-state index contributed by atoms with van der Waals surface area (Å²) in [4.78, 5) is 26.9. The van der Waals surface area contributed by atoms with Gasteiger partial charge in [-0.3, -0.25) is 4.79 Å². The van der Waals surface area contributed by atoms with Crippen molar-refractivity contribution in [2.24, 2.45) is 11.7 Å². The van der Waals surface area contributed by atoms with Crippen LogP contribution in [0.1, 0.15) is 68.6 Å². The zero-order chi connectivity index (χ0) is 20.7. The van der Waals surface area contributed by atoms with Crippen molar-refractivity contribution in [2.75, 3.05) is 5.32 Å². The Balaban J connectivity index is 0.000000345. The highest BCUT2D eigenvalue weighted by atomic mass is 32.1. The van der Waals surface area contributed by atoms with Crippen molar-refractivity contribution in [3.05, 3.63) is 11.1 Å². The van der Waals surface area contributed by atoms with E-state index in [9.17, 15) is 18.0 Å². The smallest absolute Gasteiger partial charge is 0.475 e. The number of rotatable bonds is 3. The molecule has 4 N–H and O–H groups in total. The topological polar surface area (TPSA) is 105 Å². The molecule has 1 aromatic heterocycles. The minimum absolute atomic E-state index is 0.117. The normalized spacial score (nSPS) is 23.4. The zero-order valence-corrected chi connectivity index (χ0v) is 16.3. The Morgan fingerprint density at radius 3 is 2.21 bits per heavy atom. The van der Waals surface area contributed by atoms with E-state index in [0.717, 1.165) is 30.8 Å². The van der Waals surface area contributed by atoms with Crippen LogP contribution in [0.4, 0.5) is 18.3 Å². The van der Waals surface area contributed by atoms with Gasteiger partial charge in [-0.1, -0.05) is 19.3 Å². The predicted octanol–water partition coefficient (Wildman–Crippen LogP) is 4.28. The number of aliphatic carboxylic acids is 1. The summed E-state index contributed by atoms with van der Waals surface area (Å²) in [6.45, 7) is 0. The van der Waals surface area contributed by atoms with E-state index < -0.39 is 12.1 Å². The Bertz CT molecular complexity index is 652. The lowest BCUT2D eigenvalue weighted by atomic mass is 9.86. The molecular weight excluding hydrogens is 395 g/mol. The maximum atomic E-state index is 12.3. The van der Waals surface area contributed by atoms with Gasteiger partial charge in [0.1, 0.15) is 0 Å². The lowest BCUT2D eigenvalue weighted by Crippen LogP contribution is -2.32. The van der Waals surface area contributed by atoms with E-state index >= 15 is 0 Å². The molecule has 1 heterocycles. The molecule has 2 aliphatic rings. The molecule has 2 saturated carbocycles. The van der Waals surface area contributed by atoms with Gasteiger partial charge in [0, 0.05) is 23.0 Å². The quantitative estimate of drug-likeness (QED) is 0.676. The molecular formula is C18H26F3N3O3S. The molecule has 1 aromatic rings. The van der Waals surface area contributed by atoms with Gasteiger partial charge in [0.15, 0.2) is 5.13 Å². The molecule has 28 heavy (non-hydrogen) atoms. The van der Waals surface area contributed by atoms with Crippen LogP contribution in [0, 0.1) is 5.92 Å². The number of nitrogens with one attached hydrogen (secondary N) is 1. The van der Waals surface area contributed by atoms with Gasteiger partial charge >= 0.3 is 12.1 Å². The van der Waals surface area contributed by atoms with Crippen molar-refractivity contribution >= 4 is 28.3 Å². The Kier molecular flexibility index (Phi) is 8.23. The summed E-state index contributed by atoms with van der Waals surface area (Å²) in [7, 11) is 0. The molecule has 2 aliphatic carbocycles. The third kappa shape index (κ3) is 7.05. The molecule has 0 aliphatic heterocycles. The van der Waals surface area contributed by atoms with Crippen LogP contribution >= 0.6 is 11.3 Å². The molecule has 10 heteroatoms.